The summed E-state index contributed by atoms with van der Waals surface area (Å²) in [6, 6.07) is 4.12. The van der Waals surface area contributed by atoms with Crippen molar-refractivity contribution in [1.82, 2.24) is 14.9 Å². The molecule has 33 heavy (non-hydrogen) atoms. The number of carbonyl (C=O) groups excluding carboxylic acids is 2. The van der Waals surface area contributed by atoms with Crippen LogP contribution in [0.15, 0.2) is 29.1 Å². The van der Waals surface area contributed by atoms with Crippen LogP contribution >= 0.6 is 0 Å². The van der Waals surface area contributed by atoms with Crippen molar-refractivity contribution >= 4 is 11.8 Å². The summed E-state index contributed by atoms with van der Waals surface area (Å²) in [5.74, 6) is -2.45. The number of nitrogens with zero attached hydrogens (tertiary/aromatic N) is 3. The fourth-order valence-corrected chi connectivity index (χ4v) is 4.28. The predicted octanol–water partition coefficient (Wildman–Crippen LogP) is 1.31. The third-order valence-corrected chi connectivity index (χ3v) is 5.94. The van der Waals surface area contributed by atoms with Gasteiger partial charge in [0.05, 0.1) is 17.8 Å². The quantitative estimate of drug-likeness (QED) is 0.626. The Morgan fingerprint density at radius 2 is 1.85 bits per heavy atom. The lowest BCUT2D eigenvalue weighted by atomic mass is 10.1. The predicted molar refractivity (Wildman–Crippen MR) is 109 cm³/mol. The van der Waals surface area contributed by atoms with Gasteiger partial charge < -0.3 is 20.4 Å². The van der Waals surface area contributed by atoms with E-state index >= 15 is 0 Å². The average molecular weight is 466 g/mol. The molecule has 0 bridgehead atoms. The molecule has 1 aromatic carbocycles. The second kappa shape index (κ2) is 7.80. The van der Waals surface area contributed by atoms with Crippen LogP contribution in [0.1, 0.15) is 57.6 Å². The van der Waals surface area contributed by atoms with Gasteiger partial charge in [-0.2, -0.15) is 13.2 Å². The molecule has 12 heteroatoms. The van der Waals surface area contributed by atoms with Gasteiger partial charge in [-0.1, -0.05) is 12.1 Å². The molecule has 0 aliphatic carbocycles. The summed E-state index contributed by atoms with van der Waals surface area (Å²) in [5.41, 5.74) is -2.57. The molecular formula is C21H21F3N4O5. The molecule has 0 radical (unpaired) electrons. The first kappa shape index (κ1) is 22.6. The standard InChI is InChI=1S/C21H21F3N4O5/c1-3-26-10(2)27-9-13(29)15-14(17(30)18(31)16(20(26)33)28(15)27)19(32)25-8-11-4-6-12(7-5-11)21(22,23)24/h4-7,10,13,29,31H,3,8-9H2,1-2H3,(H,25,32). The Bertz CT molecular complexity index is 1190. The van der Waals surface area contributed by atoms with Gasteiger partial charge in [0, 0.05) is 13.1 Å². The molecule has 2 amide bonds. The Morgan fingerprint density at radius 3 is 2.42 bits per heavy atom. The zero-order valence-corrected chi connectivity index (χ0v) is 17.7. The molecule has 0 spiro atoms. The van der Waals surface area contributed by atoms with Gasteiger partial charge >= 0.3 is 6.18 Å². The zero-order chi connectivity index (χ0) is 24.2. The highest BCUT2D eigenvalue weighted by atomic mass is 19.4. The molecule has 9 nitrogen and oxygen atoms in total. The Labute approximate surface area is 185 Å². The summed E-state index contributed by atoms with van der Waals surface area (Å²) in [5, 5.41) is 25.2. The molecule has 0 fully saturated rings. The number of amides is 2. The number of aliphatic hydroxyl groups excluding tert-OH is 1. The van der Waals surface area contributed by atoms with E-state index < -0.39 is 52.6 Å². The van der Waals surface area contributed by atoms with Crippen LogP contribution in [-0.2, 0) is 12.7 Å². The second-order valence-electron chi connectivity index (χ2n) is 7.84. The Balaban J connectivity index is 1.69. The maximum Gasteiger partial charge on any atom is 0.416 e. The minimum Gasteiger partial charge on any atom is -0.502 e. The summed E-state index contributed by atoms with van der Waals surface area (Å²) < 4.78 is 39.4. The minimum atomic E-state index is -4.49. The number of hydrogen-bond donors (Lipinski definition) is 3. The number of halogens is 3. The first-order chi connectivity index (χ1) is 15.5. The van der Waals surface area contributed by atoms with E-state index in [4.69, 9.17) is 0 Å². The van der Waals surface area contributed by atoms with Crippen molar-refractivity contribution in [2.75, 3.05) is 18.1 Å². The van der Waals surface area contributed by atoms with Gasteiger partial charge in [0.2, 0.25) is 5.43 Å². The van der Waals surface area contributed by atoms with E-state index in [0.29, 0.717) is 12.1 Å². The van der Waals surface area contributed by atoms with Crippen LogP contribution in [0.25, 0.3) is 0 Å². The van der Waals surface area contributed by atoms with Gasteiger partial charge in [-0.25, -0.2) is 4.68 Å². The van der Waals surface area contributed by atoms with E-state index in [9.17, 15) is 37.8 Å². The number of pyridine rings is 1. The monoisotopic (exact) mass is 466 g/mol. The van der Waals surface area contributed by atoms with Crippen molar-refractivity contribution in [3.8, 4) is 5.75 Å². The fourth-order valence-electron chi connectivity index (χ4n) is 4.28. The lowest BCUT2D eigenvalue weighted by Gasteiger charge is -2.42. The lowest BCUT2D eigenvalue weighted by Crippen LogP contribution is -2.59. The first-order valence-corrected chi connectivity index (χ1v) is 10.2. The molecule has 2 aliphatic rings. The number of aromatic nitrogens is 1. The van der Waals surface area contributed by atoms with Gasteiger partial charge in [0.25, 0.3) is 11.8 Å². The van der Waals surface area contributed by atoms with E-state index in [0.717, 1.165) is 12.1 Å². The van der Waals surface area contributed by atoms with Crippen molar-refractivity contribution < 1.29 is 33.0 Å². The molecule has 2 unspecified atom stereocenters. The number of benzene rings is 1. The molecule has 4 rings (SSSR count). The van der Waals surface area contributed by atoms with Gasteiger partial charge in [0.15, 0.2) is 11.4 Å². The number of nitrogens with one attached hydrogen (secondary N) is 1. The van der Waals surface area contributed by atoms with E-state index in [-0.39, 0.29) is 24.5 Å². The molecular weight excluding hydrogens is 445 g/mol. The SMILES string of the molecule is CCN1C(=O)c2c(O)c(=O)c(C(=O)NCc3ccc(C(F)(F)F)cc3)c3n2N(CC3O)C1C. The second-order valence-corrected chi connectivity index (χ2v) is 7.84. The third kappa shape index (κ3) is 3.50. The van der Waals surface area contributed by atoms with Gasteiger partial charge in [0.1, 0.15) is 17.8 Å². The van der Waals surface area contributed by atoms with E-state index in [1.54, 1.807) is 18.9 Å². The van der Waals surface area contributed by atoms with Crippen LogP contribution in [0.2, 0.25) is 0 Å². The van der Waals surface area contributed by atoms with Crippen LogP contribution in [0.5, 0.6) is 5.75 Å². The highest BCUT2D eigenvalue weighted by Crippen LogP contribution is 2.35. The highest BCUT2D eigenvalue weighted by molar-refractivity contribution is 6.01. The average Bonchev–Trinajstić information content (AvgIpc) is 3.09. The number of carbonyl (C=O) groups is 2. The molecule has 0 saturated heterocycles. The van der Waals surface area contributed by atoms with Crippen LogP contribution in [-0.4, -0.2) is 50.9 Å². The number of aliphatic hydroxyl groups is 1. The Hall–Kier alpha value is -3.54. The molecule has 1 aromatic heterocycles. The molecule has 2 aromatic rings. The maximum atomic E-state index is 12.9. The Morgan fingerprint density at radius 1 is 1.21 bits per heavy atom. The van der Waals surface area contributed by atoms with Crippen molar-refractivity contribution in [3.63, 3.8) is 0 Å². The topological polar surface area (TPSA) is 115 Å². The van der Waals surface area contributed by atoms with Crippen LogP contribution in [0, 0.1) is 0 Å². The summed E-state index contributed by atoms with van der Waals surface area (Å²) in [7, 11) is 0. The third-order valence-electron chi connectivity index (χ3n) is 5.94. The van der Waals surface area contributed by atoms with Gasteiger partial charge in [-0.15, -0.1) is 0 Å². The maximum absolute atomic E-state index is 12.9. The van der Waals surface area contributed by atoms with Gasteiger partial charge in [-0.05, 0) is 31.5 Å². The minimum absolute atomic E-state index is 0.0139. The molecule has 0 saturated carbocycles. The molecule has 2 atom stereocenters. The number of aromatic hydroxyl groups is 1. The molecule has 176 valence electrons. The van der Waals surface area contributed by atoms with E-state index in [2.05, 4.69) is 5.32 Å². The van der Waals surface area contributed by atoms with E-state index in [1.807, 2.05) is 0 Å². The van der Waals surface area contributed by atoms with Crippen LogP contribution in [0.3, 0.4) is 0 Å². The van der Waals surface area contributed by atoms with Crippen molar-refractivity contribution in [2.45, 2.75) is 38.8 Å². The summed E-state index contributed by atoms with van der Waals surface area (Å²) in [6.07, 6.45) is -6.28. The summed E-state index contributed by atoms with van der Waals surface area (Å²) in [6.45, 7) is 3.53. The molecule has 3 N–H and O–H groups in total. The van der Waals surface area contributed by atoms with Crippen LogP contribution < -0.4 is 15.8 Å². The number of rotatable bonds is 4. The first-order valence-electron chi connectivity index (χ1n) is 10.2. The van der Waals surface area contributed by atoms with Crippen molar-refractivity contribution in [1.29, 1.82) is 0 Å². The smallest absolute Gasteiger partial charge is 0.416 e. The number of hydrogen-bond acceptors (Lipinski definition) is 6. The normalized spacial score (nSPS) is 19.6. The van der Waals surface area contributed by atoms with Gasteiger partial charge in [-0.3, -0.25) is 19.4 Å². The summed E-state index contributed by atoms with van der Waals surface area (Å²) in [4.78, 5) is 40.0. The zero-order valence-electron chi connectivity index (χ0n) is 17.7. The van der Waals surface area contributed by atoms with Crippen LogP contribution in [0.4, 0.5) is 13.2 Å². The Kier molecular flexibility index (Phi) is 5.35. The summed E-state index contributed by atoms with van der Waals surface area (Å²) >= 11 is 0. The lowest BCUT2D eigenvalue weighted by molar-refractivity contribution is -0.137. The molecule has 2 aliphatic heterocycles. The number of alkyl halides is 3. The van der Waals surface area contributed by atoms with Crippen molar-refractivity contribution in [3.05, 3.63) is 62.6 Å². The fraction of sp³-hybridized carbons (Fsp3) is 0.381. The molecule has 3 heterocycles. The van der Waals surface area contributed by atoms with Crippen molar-refractivity contribution in [2.24, 2.45) is 0 Å². The van der Waals surface area contributed by atoms with E-state index in [1.165, 1.54) is 21.7 Å². The highest BCUT2D eigenvalue weighted by Gasteiger charge is 2.46. The largest absolute Gasteiger partial charge is 0.502 e.